The van der Waals surface area contributed by atoms with Gasteiger partial charge in [-0.1, -0.05) is 0 Å². The predicted molar refractivity (Wildman–Crippen MR) is 99.4 cm³/mol. The number of nitrogens with one attached hydrogen (secondary N) is 2. The maximum absolute atomic E-state index is 10.7. The molecule has 3 saturated heterocycles. The van der Waals surface area contributed by atoms with Crippen LogP contribution in [0.1, 0.15) is 12.8 Å². The number of benzene rings is 1. The van der Waals surface area contributed by atoms with E-state index in [0.29, 0.717) is 30.6 Å². The Labute approximate surface area is 152 Å². The van der Waals surface area contributed by atoms with Gasteiger partial charge in [-0.05, 0) is 25.0 Å². The lowest BCUT2D eigenvalue weighted by atomic mass is 9.82. The number of non-ortho nitro benzene ring substituents is 1. The molecule has 0 aliphatic carbocycles. The van der Waals surface area contributed by atoms with E-state index in [-0.39, 0.29) is 5.69 Å². The van der Waals surface area contributed by atoms with E-state index in [4.69, 9.17) is 4.74 Å². The van der Waals surface area contributed by atoms with Crippen LogP contribution in [0.3, 0.4) is 0 Å². The van der Waals surface area contributed by atoms with Crippen LogP contribution in [-0.4, -0.2) is 61.2 Å². The lowest BCUT2D eigenvalue weighted by molar-refractivity contribution is -0.384. The largest absolute Gasteiger partial charge is 0.383 e. The maximum Gasteiger partial charge on any atom is 0.269 e. The highest BCUT2D eigenvalue weighted by molar-refractivity contribution is 5.80. The van der Waals surface area contributed by atoms with Crippen molar-refractivity contribution >= 4 is 17.3 Å². The molecule has 2 N–H and O–H groups in total. The number of ether oxygens (including phenoxy) is 1. The van der Waals surface area contributed by atoms with Crippen molar-refractivity contribution in [1.29, 1.82) is 0 Å². The molecular weight excluding hydrogens is 334 g/mol. The van der Waals surface area contributed by atoms with E-state index >= 15 is 0 Å². The molecule has 2 bridgehead atoms. The van der Waals surface area contributed by atoms with E-state index in [2.05, 4.69) is 20.5 Å². The highest BCUT2D eigenvalue weighted by atomic mass is 16.6. The highest BCUT2D eigenvalue weighted by Gasteiger charge is 2.53. The van der Waals surface area contributed by atoms with Crippen molar-refractivity contribution in [3.8, 4) is 0 Å². The Morgan fingerprint density at radius 1 is 1.23 bits per heavy atom. The maximum atomic E-state index is 10.7. The van der Waals surface area contributed by atoms with E-state index in [1.54, 1.807) is 12.1 Å². The van der Waals surface area contributed by atoms with Gasteiger partial charge in [-0.15, -0.1) is 0 Å². The summed E-state index contributed by atoms with van der Waals surface area (Å²) in [7, 11) is 1.82. The number of guanidine groups is 1. The van der Waals surface area contributed by atoms with Crippen LogP contribution in [0.25, 0.3) is 0 Å². The van der Waals surface area contributed by atoms with Gasteiger partial charge in [-0.3, -0.25) is 15.1 Å². The molecule has 0 amide bonds. The van der Waals surface area contributed by atoms with Crippen LogP contribution in [0.2, 0.25) is 0 Å². The van der Waals surface area contributed by atoms with Crippen molar-refractivity contribution in [2.75, 3.05) is 38.5 Å². The standard InChI is InChI=1S/C18H25N5O3/c1-19-18(22-10-14-15(11-22)17-7-6-16(14)26-17)21-9-8-20-12-2-4-13(5-3-12)23(24)25/h2-5,14-17,20H,6-11H2,1H3,(H,19,21). The Bertz CT molecular complexity index is 675. The third kappa shape index (κ3) is 3.21. The number of fused-ring (bicyclic) bond motifs is 5. The first-order valence-electron chi connectivity index (χ1n) is 9.25. The van der Waals surface area contributed by atoms with Gasteiger partial charge in [-0.25, -0.2) is 0 Å². The summed E-state index contributed by atoms with van der Waals surface area (Å²) in [5, 5.41) is 17.4. The molecule has 3 aliphatic rings. The number of aliphatic imine (C=N–C) groups is 1. The SMILES string of the molecule is CN=C(NCCNc1ccc([N+](=O)[O-])cc1)N1CC2C3CCC(O3)C2C1. The van der Waals surface area contributed by atoms with Gasteiger partial charge in [-0.2, -0.15) is 0 Å². The topological polar surface area (TPSA) is 92.0 Å². The first-order chi connectivity index (χ1) is 12.7. The number of rotatable bonds is 5. The minimum Gasteiger partial charge on any atom is -0.383 e. The quantitative estimate of drug-likeness (QED) is 0.273. The zero-order chi connectivity index (χ0) is 18.1. The zero-order valence-electron chi connectivity index (χ0n) is 14.9. The third-order valence-corrected chi connectivity index (χ3v) is 5.78. The van der Waals surface area contributed by atoms with Crippen molar-refractivity contribution in [2.45, 2.75) is 25.0 Å². The number of nitrogens with zero attached hydrogens (tertiary/aromatic N) is 3. The monoisotopic (exact) mass is 359 g/mol. The second kappa shape index (κ2) is 7.11. The van der Waals surface area contributed by atoms with Crippen molar-refractivity contribution in [3.63, 3.8) is 0 Å². The number of likely N-dealkylation sites (tertiary alicyclic amines) is 1. The Balaban J connectivity index is 1.23. The van der Waals surface area contributed by atoms with Crippen LogP contribution < -0.4 is 10.6 Å². The van der Waals surface area contributed by atoms with Crippen LogP contribution in [0.5, 0.6) is 0 Å². The molecule has 4 rings (SSSR count). The average Bonchev–Trinajstić information content (AvgIpc) is 3.35. The van der Waals surface area contributed by atoms with Crippen molar-refractivity contribution < 1.29 is 9.66 Å². The summed E-state index contributed by atoms with van der Waals surface area (Å²) < 4.78 is 6.03. The summed E-state index contributed by atoms with van der Waals surface area (Å²) >= 11 is 0. The van der Waals surface area contributed by atoms with Crippen molar-refractivity contribution in [3.05, 3.63) is 34.4 Å². The smallest absolute Gasteiger partial charge is 0.269 e. The molecule has 0 radical (unpaired) electrons. The molecule has 26 heavy (non-hydrogen) atoms. The number of hydrogen-bond donors (Lipinski definition) is 2. The minimum absolute atomic E-state index is 0.103. The summed E-state index contributed by atoms with van der Waals surface area (Å²) in [5.41, 5.74) is 0.975. The van der Waals surface area contributed by atoms with Gasteiger partial charge in [0, 0.05) is 62.9 Å². The summed E-state index contributed by atoms with van der Waals surface area (Å²) in [6.07, 6.45) is 3.34. The molecule has 0 spiro atoms. The molecule has 8 heteroatoms. The van der Waals surface area contributed by atoms with E-state index in [9.17, 15) is 10.1 Å². The molecular formula is C18H25N5O3. The number of nitro groups is 1. The average molecular weight is 359 g/mol. The third-order valence-electron chi connectivity index (χ3n) is 5.78. The zero-order valence-corrected chi connectivity index (χ0v) is 14.9. The lowest BCUT2D eigenvalue weighted by Gasteiger charge is -2.23. The van der Waals surface area contributed by atoms with E-state index in [1.165, 1.54) is 25.0 Å². The fourth-order valence-corrected chi connectivity index (χ4v) is 4.55. The Morgan fingerprint density at radius 3 is 2.46 bits per heavy atom. The summed E-state index contributed by atoms with van der Waals surface area (Å²) in [6.45, 7) is 3.51. The molecule has 0 aromatic heterocycles. The molecule has 4 unspecified atom stereocenters. The minimum atomic E-state index is -0.391. The normalized spacial score (nSPS) is 29.7. The second-order valence-electron chi connectivity index (χ2n) is 7.23. The molecule has 4 atom stereocenters. The van der Waals surface area contributed by atoms with Crippen LogP contribution in [0.4, 0.5) is 11.4 Å². The molecule has 0 saturated carbocycles. The number of hydrogen-bond acceptors (Lipinski definition) is 5. The highest BCUT2D eigenvalue weighted by Crippen LogP contribution is 2.47. The Hall–Kier alpha value is -2.35. The molecule has 8 nitrogen and oxygen atoms in total. The van der Waals surface area contributed by atoms with Crippen molar-refractivity contribution in [1.82, 2.24) is 10.2 Å². The first kappa shape index (κ1) is 17.1. The van der Waals surface area contributed by atoms with E-state index in [1.807, 2.05) is 7.05 Å². The van der Waals surface area contributed by atoms with E-state index in [0.717, 1.165) is 31.3 Å². The van der Waals surface area contributed by atoms with Crippen LogP contribution >= 0.6 is 0 Å². The predicted octanol–water partition coefficient (Wildman–Crippen LogP) is 1.69. The lowest BCUT2D eigenvalue weighted by Crippen LogP contribution is -2.42. The van der Waals surface area contributed by atoms with Crippen LogP contribution in [0, 0.1) is 22.0 Å². The van der Waals surface area contributed by atoms with Gasteiger partial charge < -0.3 is 20.3 Å². The Morgan fingerprint density at radius 2 is 1.88 bits per heavy atom. The first-order valence-corrected chi connectivity index (χ1v) is 9.25. The molecule has 3 heterocycles. The fraction of sp³-hybridized carbons (Fsp3) is 0.611. The number of nitro benzene ring substituents is 1. The number of anilines is 1. The molecule has 3 fully saturated rings. The van der Waals surface area contributed by atoms with Crippen LogP contribution in [0.15, 0.2) is 29.3 Å². The van der Waals surface area contributed by atoms with Gasteiger partial charge in [0.25, 0.3) is 5.69 Å². The van der Waals surface area contributed by atoms with Gasteiger partial charge in [0.1, 0.15) is 0 Å². The molecule has 1 aromatic carbocycles. The van der Waals surface area contributed by atoms with E-state index < -0.39 is 4.92 Å². The van der Waals surface area contributed by atoms with Gasteiger partial charge in [0.2, 0.25) is 0 Å². The summed E-state index contributed by atoms with van der Waals surface area (Å²) in [5.74, 6) is 2.26. The fourth-order valence-electron chi connectivity index (χ4n) is 4.55. The summed E-state index contributed by atoms with van der Waals surface area (Å²) in [4.78, 5) is 17.1. The molecule has 1 aromatic rings. The van der Waals surface area contributed by atoms with Crippen LogP contribution in [-0.2, 0) is 4.74 Å². The molecule has 140 valence electrons. The second-order valence-corrected chi connectivity index (χ2v) is 7.23. The van der Waals surface area contributed by atoms with Gasteiger partial charge in [0.15, 0.2) is 5.96 Å². The summed E-state index contributed by atoms with van der Waals surface area (Å²) in [6, 6.07) is 6.47. The van der Waals surface area contributed by atoms with Gasteiger partial charge >= 0.3 is 0 Å². The van der Waals surface area contributed by atoms with Crippen molar-refractivity contribution in [2.24, 2.45) is 16.8 Å². The molecule has 3 aliphatic heterocycles. The van der Waals surface area contributed by atoms with Gasteiger partial charge in [0.05, 0.1) is 17.1 Å². The Kier molecular flexibility index (Phi) is 4.67.